The molecule has 1 aromatic heterocycles. The van der Waals surface area contributed by atoms with Crippen LogP contribution in [0.2, 0.25) is 0 Å². The third-order valence-electron chi connectivity index (χ3n) is 7.09. The van der Waals surface area contributed by atoms with Gasteiger partial charge in [-0.15, -0.1) is 0 Å². The maximum absolute atomic E-state index is 13.9. The van der Waals surface area contributed by atoms with E-state index in [1.54, 1.807) is 12.1 Å². The largest absolute Gasteiger partial charge is 0.438 e. The molecule has 1 saturated carbocycles. The Hall–Kier alpha value is -3.26. The van der Waals surface area contributed by atoms with Crippen LogP contribution < -0.4 is 20.3 Å². The van der Waals surface area contributed by atoms with Crippen molar-refractivity contribution in [3.63, 3.8) is 0 Å². The number of ether oxygens (including phenoxy) is 1. The Morgan fingerprint density at radius 2 is 2.00 bits per heavy atom. The number of fused-ring (bicyclic) bond motifs is 1. The highest BCUT2D eigenvalue weighted by atomic mass is 19.1. The van der Waals surface area contributed by atoms with E-state index < -0.39 is 5.95 Å². The van der Waals surface area contributed by atoms with Gasteiger partial charge >= 0.3 is 0 Å². The minimum Gasteiger partial charge on any atom is -0.438 e. The fourth-order valence-electron chi connectivity index (χ4n) is 4.96. The number of aromatic nitrogens is 1. The third-order valence-corrected chi connectivity index (χ3v) is 7.09. The molecule has 1 unspecified atom stereocenters. The summed E-state index contributed by atoms with van der Waals surface area (Å²) in [6, 6.07) is 8.76. The fraction of sp³-hybridized carbons (Fsp3) is 0.444. The second kappa shape index (κ2) is 10.2. The summed E-state index contributed by atoms with van der Waals surface area (Å²) < 4.78 is 20.1. The lowest BCUT2D eigenvalue weighted by molar-refractivity contribution is -0.120. The number of pyridine rings is 1. The number of amides is 1. The zero-order valence-electron chi connectivity index (χ0n) is 20.0. The van der Waals surface area contributed by atoms with E-state index in [4.69, 9.17) is 10.1 Å². The van der Waals surface area contributed by atoms with Gasteiger partial charge in [-0.3, -0.25) is 4.79 Å². The lowest BCUT2D eigenvalue weighted by Crippen LogP contribution is -2.43. The van der Waals surface area contributed by atoms with E-state index >= 15 is 0 Å². The second-order valence-corrected chi connectivity index (χ2v) is 9.65. The highest BCUT2D eigenvalue weighted by Gasteiger charge is 2.39. The van der Waals surface area contributed by atoms with Crippen molar-refractivity contribution < 1.29 is 13.9 Å². The highest BCUT2D eigenvalue weighted by molar-refractivity contribution is 6.10. The van der Waals surface area contributed by atoms with Crippen LogP contribution in [0.5, 0.6) is 11.6 Å². The minimum atomic E-state index is -0.622. The van der Waals surface area contributed by atoms with Gasteiger partial charge in [0.25, 0.3) is 0 Å². The molecule has 2 aliphatic heterocycles. The Kier molecular flexibility index (Phi) is 6.81. The van der Waals surface area contributed by atoms with E-state index in [0.29, 0.717) is 17.4 Å². The first kappa shape index (κ1) is 23.5. The van der Waals surface area contributed by atoms with E-state index in [1.165, 1.54) is 12.3 Å². The molecule has 0 radical (unpaired) electrons. The quantitative estimate of drug-likeness (QED) is 0.406. The van der Waals surface area contributed by atoms with Crippen LogP contribution in [-0.2, 0) is 11.2 Å². The van der Waals surface area contributed by atoms with Gasteiger partial charge in [0.1, 0.15) is 5.75 Å². The molecule has 184 valence electrons. The molecule has 1 aliphatic carbocycles. The predicted octanol–water partition coefficient (Wildman–Crippen LogP) is 4.42. The number of anilines is 1. The fourth-order valence-corrected chi connectivity index (χ4v) is 4.96. The molecule has 1 aromatic carbocycles. The zero-order chi connectivity index (χ0) is 24.4. The predicted molar refractivity (Wildman–Crippen MR) is 134 cm³/mol. The van der Waals surface area contributed by atoms with Crippen molar-refractivity contribution in [2.75, 3.05) is 18.0 Å². The Bertz CT molecular complexity index is 1140. The summed E-state index contributed by atoms with van der Waals surface area (Å²) >= 11 is 0. The van der Waals surface area contributed by atoms with Crippen molar-refractivity contribution in [3.05, 3.63) is 53.6 Å². The monoisotopic (exact) mass is 477 g/mol. The first-order chi connectivity index (χ1) is 17.0. The standard InChI is InChI=1S/C27H32FN5O2/c1-17-5-8-22-23(33(17)27(34)18-6-7-18)10-9-21(26(22)35-25-4-2-3-24(28)32-25)19(15-29)16-31-20-11-13-30-14-12-20/h2-4,9-10,15-18,20,29-31H,5-8,11-14H2,1H3/b19-16+,29-15?. The summed E-state index contributed by atoms with van der Waals surface area (Å²) in [4.78, 5) is 19.0. The van der Waals surface area contributed by atoms with Crippen molar-refractivity contribution in [1.82, 2.24) is 15.6 Å². The van der Waals surface area contributed by atoms with Crippen LogP contribution in [0.25, 0.3) is 5.57 Å². The van der Waals surface area contributed by atoms with Crippen LogP contribution in [-0.4, -0.2) is 42.3 Å². The van der Waals surface area contributed by atoms with Crippen LogP contribution in [0.4, 0.5) is 10.1 Å². The summed E-state index contributed by atoms with van der Waals surface area (Å²) in [5, 5.41) is 14.9. The molecule has 0 spiro atoms. The number of halogens is 1. The van der Waals surface area contributed by atoms with Gasteiger partial charge in [-0.1, -0.05) is 6.07 Å². The number of benzene rings is 1. The first-order valence-corrected chi connectivity index (χ1v) is 12.5. The maximum Gasteiger partial charge on any atom is 0.230 e. The molecular weight excluding hydrogens is 445 g/mol. The Morgan fingerprint density at radius 1 is 1.20 bits per heavy atom. The number of carbonyl (C=O) groups excluding carboxylic acids is 1. The van der Waals surface area contributed by atoms with Crippen LogP contribution in [0, 0.1) is 17.3 Å². The molecule has 1 saturated heterocycles. The molecule has 3 N–H and O–H groups in total. The molecule has 2 aromatic rings. The first-order valence-electron chi connectivity index (χ1n) is 12.5. The average Bonchev–Trinajstić information content (AvgIpc) is 3.71. The van der Waals surface area contributed by atoms with E-state index in [-0.39, 0.29) is 23.7 Å². The SMILES string of the molecule is CC1CCc2c(ccc(/C(C=N)=C/NC3CCNCC3)c2Oc2cccc(F)n2)N1C(=O)C1CC1. The number of hydrogen-bond acceptors (Lipinski definition) is 6. The van der Waals surface area contributed by atoms with Crippen molar-refractivity contribution >= 4 is 23.4 Å². The minimum absolute atomic E-state index is 0.0981. The highest BCUT2D eigenvalue weighted by Crippen LogP contribution is 2.44. The van der Waals surface area contributed by atoms with Gasteiger partial charge in [0.05, 0.1) is 5.69 Å². The Balaban J connectivity index is 1.56. The second-order valence-electron chi connectivity index (χ2n) is 9.65. The molecule has 8 heteroatoms. The number of nitrogens with zero attached hydrogens (tertiary/aromatic N) is 2. The topological polar surface area (TPSA) is 90.3 Å². The number of carbonyl (C=O) groups is 1. The number of nitrogens with one attached hydrogen (secondary N) is 3. The normalized spacial score (nSPS) is 20.8. The van der Waals surface area contributed by atoms with E-state index in [9.17, 15) is 9.18 Å². The van der Waals surface area contributed by atoms with Gasteiger partial charge in [0.15, 0.2) is 0 Å². The van der Waals surface area contributed by atoms with E-state index in [0.717, 1.165) is 68.4 Å². The van der Waals surface area contributed by atoms with Crippen LogP contribution in [0.1, 0.15) is 50.2 Å². The number of piperidine rings is 1. The molecule has 3 aliphatic rings. The molecule has 5 rings (SSSR count). The lowest BCUT2D eigenvalue weighted by atomic mass is 9.91. The van der Waals surface area contributed by atoms with Gasteiger partial charge in [-0.25, -0.2) is 0 Å². The maximum atomic E-state index is 13.9. The van der Waals surface area contributed by atoms with Crippen LogP contribution in [0.3, 0.4) is 0 Å². The van der Waals surface area contributed by atoms with Crippen LogP contribution >= 0.6 is 0 Å². The smallest absolute Gasteiger partial charge is 0.230 e. The number of hydrogen-bond donors (Lipinski definition) is 3. The molecule has 0 bridgehead atoms. The summed E-state index contributed by atoms with van der Waals surface area (Å²) in [5.41, 5.74) is 3.12. The van der Waals surface area contributed by atoms with Crippen LogP contribution in [0.15, 0.2) is 36.5 Å². The van der Waals surface area contributed by atoms with Crippen molar-refractivity contribution in [1.29, 1.82) is 5.41 Å². The van der Waals surface area contributed by atoms with Gasteiger partial charge < -0.3 is 25.7 Å². The van der Waals surface area contributed by atoms with Crippen molar-refractivity contribution in [3.8, 4) is 11.6 Å². The van der Waals surface area contributed by atoms with Crippen molar-refractivity contribution in [2.45, 2.75) is 57.5 Å². The molecule has 35 heavy (non-hydrogen) atoms. The number of rotatable bonds is 7. The summed E-state index contributed by atoms with van der Waals surface area (Å²) in [6.45, 7) is 4.01. The molecule has 1 atom stereocenters. The summed E-state index contributed by atoms with van der Waals surface area (Å²) in [6.07, 6.45) is 8.60. The average molecular weight is 478 g/mol. The van der Waals surface area contributed by atoms with Crippen molar-refractivity contribution in [2.24, 2.45) is 5.92 Å². The third kappa shape index (κ3) is 5.07. The summed E-state index contributed by atoms with van der Waals surface area (Å²) in [7, 11) is 0. The lowest BCUT2D eigenvalue weighted by Gasteiger charge is -2.36. The zero-order valence-corrected chi connectivity index (χ0v) is 20.0. The van der Waals surface area contributed by atoms with Gasteiger partial charge in [-0.05, 0) is 76.7 Å². The van der Waals surface area contributed by atoms with E-state index in [2.05, 4.69) is 22.5 Å². The molecule has 1 amide bonds. The van der Waals surface area contributed by atoms with Gasteiger partial charge in [-0.2, -0.15) is 9.37 Å². The molecular formula is C27H32FN5O2. The van der Waals surface area contributed by atoms with E-state index in [1.807, 2.05) is 23.2 Å². The Morgan fingerprint density at radius 3 is 2.71 bits per heavy atom. The molecule has 7 nitrogen and oxygen atoms in total. The van der Waals surface area contributed by atoms with Gasteiger partial charge in [0.2, 0.25) is 17.7 Å². The summed E-state index contributed by atoms with van der Waals surface area (Å²) in [5.74, 6) is 0.320. The molecule has 2 fully saturated rings. The molecule has 3 heterocycles. The van der Waals surface area contributed by atoms with Gasteiger partial charge in [0, 0.05) is 53.2 Å². The number of allylic oxidation sites excluding steroid dienone is 1. The Labute approximate surface area is 205 Å².